The lowest BCUT2D eigenvalue weighted by molar-refractivity contribution is 1.07. The number of hydrogen-bond acceptors (Lipinski definition) is 3. The number of para-hydroxylation sites is 1. The summed E-state index contributed by atoms with van der Waals surface area (Å²) >= 11 is 0. The normalized spacial score (nSPS) is 11.6. The minimum Gasteiger partial charge on any atom is -0.309 e. The average Bonchev–Trinajstić information content (AvgIpc) is 3.69. The third-order valence-electron chi connectivity index (χ3n) is 12.3. The third-order valence-corrected chi connectivity index (χ3v) is 17.0. The van der Waals surface area contributed by atoms with Gasteiger partial charge in [0.25, 0.3) is 0 Å². The quantitative estimate of drug-likeness (QED) is 0.108. The maximum absolute atomic E-state index is 5.34. The largest absolute Gasteiger partial charge is 0.309 e. The fourth-order valence-corrected chi connectivity index (χ4v) is 14.2. The number of aryl methyl sites for hydroxylation is 1. The first kappa shape index (κ1) is 38.0. The van der Waals surface area contributed by atoms with Gasteiger partial charge in [0.15, 0.2) is 25.5 Å². The van der Waals surface area contributed by atoms with Crippen molar-refractivity contribution >= 4 is 50.6 Å². The van der Waals surface area contributed by atoms with Crippen molar-refractivity contribution in [1.82, 2.24) is 19.5 Å². The number of aromatic nitrogens is 4. The van der Waals surface area contributed by atoms with Crippen molar-refractivity contribution in [2.24, 2.45) is 0 Å². The number of benzene rings is 9. The summed E-state index contributed by atoms with van der Waals surface area (Å²) < 4.78 is 2.39. The molecule has 2 aromatic heterocycles. The molecule has 0 fully saturated rings. The minimum atomic E-state index is -2.83. The van der Waals surface area contributed by atoms with E-state index in [4.69, 9.17) is 15.0 Å². The van der Waals surface area contributed by atoms with E-state index in [1.54, 1.807) is 0 Å². The van der Waals surface area contributed by atoms with E-state index in [0.29, 0.717) is 17.5 Å². The van der Waals surface area contributed by atoms with Crippen molar-refractivity contribution < 1.29 is 0 Å². The van der Waals surface area contributed by atoms with Crippen molar-refractivity contribution in [1.29, 1.82) is 0 Å². The molecule has 0 spiro atoms. The highest BCUT2D eigenvalue weighted by molar-refractivity contribution is 7.19. The van der Waals surface area contributed by atoms with Gasteiger partial charge in [-0.05, 0) is 68.6 Å². The van der Waals surface area contributed by atoms with Crippen LogP contribution in [0.5, 0.6) is 0 Å². The van der Waals surface area contributed by atoms with Crippen LogP contribution in [-0.2, 0) is 0 Å². The van der Waals surface area contributed by atoms with Gasteiger partial charge in [0.2, 0.25) is 0 Å². The molecule has 4 nitrogen and oxygen atoms in total. The van der Waals surface area contributed by atoms with Crippen LogP contribution in [0.15, 0.2) is 237 Å². The fraction of sp³-hybridized carbons (Fsp3) is 0.0172. The van der Waals surface area contributed by atoms with E-state index in [0.717, 1.165) is 44.5 Å². The molecule has 63 heavy (non-hydrogen) atoms. The lowest BCUT2D eigenvalue weighted by Gasteiger charge is -2.34. The Morgan fingerprint density at radius 1 is 0.333 bits per heavy atom. The summed E-state index contributed by atoms with van der Waals surface area (Å²) in [7, 11) is -2.83. The zero-order valence-electron chi connectivity index (χ0n) is 34.8. The van der Waals surface area contributed by atoms with Crippen molar-refractivity contribution in [3.8, 4) is 51.0 Å². The number of fused-ring (bicyclic) bond motifs is 3. The van der Waals surface area contributed by atoms with Crippen molar-refractivity contribution in [3.05, 3.63) is 242 Å². The van der Waals surface area contributed by atoms with Crippen molar-refractivity contribution in [2.75, 3.05) is 0 Å². The van der Waals surface area contributed by atoms with Gasteiger partial charge in [-0.3, -0.25) is 0 Å². The summed E-state index contributed by atoms with van der Waals surface area (Å²) in [5.74, 6) is 1.86. The number of rotatable bonds is 9. The van der Waals surface area contributed by atoms with Crippen LogP contribution in [0.25, 0.3) is 72.8 Å². The molecule has 298 valence electrons. The molecule has 0 bridgehead atoms. The Morgan fingerprint density at radius 3 is 1.40 bits per heavy atom. The second-order valence-electron chi connectivity index (χ2n) is 16.1. The monoisotopic (exact) mass is 822 g/mol. The zero-order chi connectivity index (χ0) is 42.2. The molecular weight excluding hydrogens is 781 g/mol. The second-order valence-corrected chi connectivity index (χ2v) is 19.9. The molecule has 0 unspecified atom stereocenters. The van der Waals surface area contributed by atoms with Crippen LogP contribution in [0.3, 0.4) is 0 Å². The van der Waals surface area contributed by atoms with Crippen molar-refractivity contribution in [2.45, 2.75) is 6.92 Å². The Kier molecular flexibility index (Phi) is 9.72. The SMILES string of the molecule is Cc1ccc2c3ccccc3n(-c3ccc(-c4cccc([Si](c5ccccc5)(c5ccccc5)c5ccccc5)c4)c(-c4nc(-c5ccccc5)nc(-c5ccccc5)n4)c3)c2c1. The predicted molar refractivity (Wildman–Crippen MR) is 264 cm³/mol. The number of nitrogens with zero attached hydrogens (tertiary/aromatic N) is 4. The maximum atomic E-state index is 5.34. The predicted octanol–water partition coefficient (Wildman–Crippen LogP) is 11.3. The fourth-order valence-electron chi connectivity index (χ4n) is 9.38. The highest BCUT2D eigenvalue weighted by Crippen LogP contribution is 2.38. The molecule has 0 saturated carbocycles. The van der Waals surface area contributed by atoms with Crippen LogP contribution >= 0.6 is 0 Å². The van der Waals surface area contributed by atoms with Gasteiger partial charge in [-0.1, -0.05) is 212 Å². The third kappa shape index (κ3) is 6.76. The Balaban J connectivity index is 1.21. The molecule has 0 aliphatic rings. The summed E-state index contributed by atoms with van der Waals surface area (Å²) in [5, 5.41) is 7.71. The Bertz CT molecular complexity index is 3230. The molecule has 0 aliphatic carbocycles. The van der Waals surface area contributed by atoms with Crippen LogP contribution in [0, 0.1) is 6.92 Å². The van der Waals surface area contributed by atoms with E-state index in [1.165, 1.54) is 37.1 Å². The zero-order valence-corrected chi connectivity index (χ0v) is 35.8. The Labute approximate surface area is 368 Å². The van der Waals surface area contributed by atoms with Crippen LogP contribution in [-0.4, -0.2) is 27.6 Å². The maximum Gasteiger partial charge on any atom is 0.179 e. The standard InChI is InChI=1S/C58H42N4Si/c1-41-34-36-52-51-32-17-18-33-54(51)62(55(52)38-41)45-35-37-50(53(40-45)58-60-56(42-20-7-2-8-21-42)59-57(61-58)43-22-9-3-10-23-43)44-24-19-31-49(39-44)63(46-25-11-4-12-26-46,47-27-13-5-14-28-47)48-29-15-6-16-30-48/h2-40H,1H3. The first-order chi connectivity index (χ1) is 31.1. The van der Waals surface area contributed by atoms with E-state index in [1.807, 2.05) is 36.4 Å². The molecule has 5 heteroatoms. The number of hydrogen-bond donors (Lipinski definition) is 0. The summed E-state index contributed by atoms with van der Waals surface area (Å²) in [6.07, 6.45) is 0. The van der Waals surface area contributed by atoms with Gasteiger partial charge in [0.05, 0.1) is 11.0 Å². The summed E-state index contributed by atoms with van der Waals surface area (Å²) in [4.78, 5) is 15.8. The van der Waals surface area contributed by atoms with Gasteiger partial charge >= 0.3 is 0 Å². The molecule has 0 atom stereocenters. The lowest BCUT2D eigenvalue weighted by Crippen LogP contribution is -2.74. The summed E-state index contributed by atoms with van der Waals surface area (Å²) in [5.41, 5.74) is 9.47. The van der Waals surface area contributed by atoms with Crippen molar-refractivity contribution in [3.63, 3.8) is 0 Å². The van der Waals surface area contributed by atoms with E-state index in [2.05, 4.69) is 212 Å². The first-order valence-corrected chi connectivity index (χ1v) is 23.4. The smallest absolute Gasteiger partial charge is 0.179 e. The first-order valence-electron chi connectivity index (χ1n) is 21.4. The van der Waals surface area contributed by atoms with E-state index < -0.39 is 8.07 Å². The van der Waals surface area contributed by atoms with E-state index in [-0.39, 0.29) is 0 Å². The summed E-state index contributed by atoms with van der Waals surface area (Å²) in [6, 6.07) is 85.2. The minimum absolute atomic E-state index is 0.611. The van der Waals surface area contributed by atoms with Gasteiger partial charge < -0.3 is 4.57 Å². The van der Waals surface area contributed by atoms with Gasteiger partial charge in [0, 0.05) is 33.2 Å². The Hall–Kier alpha value is -7.99. The lowest BCUT2D eigenvalue weighted by atomic mass is 9.98. The van der Waals surface area contributed by atoms with Crippen LogP contribution in [0.4, 0.5) is 0 Å². The van der Waals surface area contributed by atoms with Crippen LogP contribution < -0.4 is 20.7 Å². The molecule has 0 amide bonds. The molecule has 11 rings (SSSR count). The molecule has 0 saturated heterocycles. The highest BCUT2D eigenvalue weighted by Gasteiger charge is 2.41. The second kappa shape index (κ2) is 16.1. The van der Waals surface area contributed by atoms with E-state index in [9.17, 15) is 0 Å². The molecule has 9 aromatic carbocycles. The highest BCUT2D eigenvalue weighted by atomic mass is 28.3. The average molecular weight is 823 g/mol. The molecular formula is C58H42N4Si. The molecule has 0 aliphatic heterocycles. The van der Waals surface area contributed by atoms with Gasteiger partial charge in [-0.2, -0.15) is 0 Å². The van der Waals surface area contributed by atoms with Gasteiger partial charge in [0.1, 0.15) is 0 Å². The van der Waals surface area contributed by atoms with Crippen LogP contribution in [0.2, 0.25) is 0 Å². The molecule has 11 aromatic rings. The molecule has 0 N–H and O–H groups in total. The molecule has 0 radical (unpaired) electrons. The summed E-state index contributed by atoms with van der Waals surface area (Å²) in [6.45, 7) is 2.16. The molecule has 2 heterocycles. The van der Waals surface area contributed by atoms with Gasteiger partial charge in [-0.15, -0.1) is 0 Å². The topological polar surface area (TPSA) is 43.6 Å². The van der Waals surface area contributed by atoms with Gasteiger partial charge in [-0.25, -0.2) is 15.0 Å². The Morgan fingerprint density at radius 2 is 0.810 bits per heavy atom. The van der Waals surface area contributed by atoms with E-state index >= 15 is 0 Å². The van der Waals surface area contributed by atoms with Crippen LogP contribution in [0.1, 0.15) is 5.56 Å².